The van der Waals surface area contributed by atoms with E-state index in [2.05, 4.69) is 4.72 Å². The third-order valence-corrected chi connectivity index (χ3v) is 4.75. The molecule has 1 amide bonds. The molecule has 0 radical (unpaired) electrons. The molecule has 1 aromatic carbocycles. The largest absolute Gasteiger partial charge is 0.364 e. The SMILES string of the molecule is C[C@H](NS(=O)(=O)c1cc(C(N)=O)n(C)c1)c1ccc(F)cc1. The fraction of sp³-hybridized carbons (Fsp3) is 0.214. The summed E-state index contributed by atoms with van der Waals surface area (Å²) in [5.74, 6) is -1.11. The first kappa shape index (κ1) is 16.2. The maximum atomic E-state index is 12.9. The third-order valence-electron chi connectivity index (χ3n) is 3.24. The predicted octanol–water partition coefficient (Wildman–Crippen LogP) is 1.30. The number of rotatable bonds is 5. The van der Waals surface area contributed by atoms with Gasteiger partial charge in [0.25, 0.3) is 5.91 Å². The Morgan fingerprint density at radius 3 is 2.41 bits per heavy atom. The molecule has 22 heavy (non-hydrogen) atoms. The van der Waals surface area contributed by atoms with Gasteiger partial charge in [0.15, 0.2) is 0 Å². The van der Waals surface area contributed by atoms with Crippen LogP contribution in [0.4, 0.5) is 4.39 Å². The van der Waals surface area contributed by atoms with E-state index in [1.165, 1.54) is 48.1 Å². The second kappa shape index (κ2) is 5.90. The standard InChI is InChI=1S/C14H16FN3O3S/c1-9(10-3-5-11(15)6-4-10)17-22(20,21)12-7-13(14(16)19)18(2)8-12/h3-9,17H,1-2H3,(H2,16,19)/t9-/m0/s1. The minimum absolute atomic E-state index is 0.0576. The number of amides is 1. The Labute approximate surface area is 127 Å². The summed E-state index contributed by atoms with van der Waals surface area (Å²) in [4.78, 5) is 11.1. The molecule has 118 valence electrons. The normalized spacial score (nSPS) is 13.0. The number of hydrogen-bond donors (Lipinski definition) is 2. The highest BCUT2D eigenvalue weighted by molar-refractivity contribution is 7.89. The molecule has 8 heteroatoms. The summed E-state index contributed by atoms with van der Waals surface area (Å²) < 4.78 is 41.4. The fourth-order valence-electron chi connectivity index (χ4n) is 2.05. The molecular formula is C14H16FN3O3S. The van der Waals surface area contributed by atoms with Crippen molar-refractivity contribution in [3.8, 4) is 0 Å². The summed E-state index contributed by atoms with van der Waals surface area (Å²) in [6.45, 7) is 1.64. The van der Waals surface area contributed by atoms with Gasteiger partial charge in [0.1, 0.15) is 16.4 Å². The minimum atomic E-state index is -3.83. The number of aromatic nitrogens is 1. The molecule has 0 fully saturated rings. The molecule has 0 saturated heterocycles. The van der Waals surface area contributed by atoms with Crippen molar-refractivity contribution in [1.29, 1.82) is 0 Å². The number of carbonyl (C=O) groups is 1. The summed E-state index contributed by atoms with van der Waals surface area (Å²) >= 11 is 0. The van der Waals surface area contributed by atoms with Gasteiger partial charge in [-0.1, -0.05) is 12.1 Å². The van der Waals surface area contributed by atoms with Gasteiger partial charge in [0.05, 0.1) is 0 Å². The molecule has 0 aliphatic rings. The number of nitrogens with one attached hydrogen (secondary N) is 1. The van der Waals surface area contributed by atoms with Crippen molar-refractivity contribution < 1.29 is 17.6 Å². The smallest absolute Gasteiger partial charge is 0.265 e. The number of sulfonamides is 1. The maximum Gasteiger partial charge on any atom is 0.265 e. The first-order valence-electron chi connectivity index (χ1n) is 6.44. The summed E-state index contributed by atoms with van der Waals surface area (Å²) in [5.41, 5.74) is 5.88. The Kier molecular flexibility index (Phi) is 4.34. The lowest BCUT2D eigenvalue weighted by Gasteiger charge is -2.13. The molecule has 2 rings (SSSR count). The van der Waals surface area contributed by atoms with Crippen molar-refractivity contribution in [2.24, 2.45) is 12.8 Å². The molecule has 0 unspecified atom stereocenters. The summed E-state index contributed by atoms with van der Waals surface area (Å²) in [6, 6.07) is 6.18. The van der Waals surface area contributed by atoms with Crippen molar-refractivity contribution >= 4 is 15.9 Å². The highest BCUT2D eigenvalue weighted by Crippen LogP contribution is 2.19. The number of halogens is 1. The summed E-state index contributed by atoms with van der Waals surface area (Å²) in [7, 11) is -2.30. The second-order valence-electron chi connectivity index (χ2n) is 4.93. The zero-order chi connectivity index (χ0) is 16.5. The number of hydrogen-bond acceptors (Lipinski definition) is 3. The van der Waals surface area contributed by atoms with E-state index in [-0.39, 0.29) is 10.6 Å². The molecular weight excluding hydrogens is 309 g/mol. The topological polar surface area (TPSA) is 94.2 Å². The van der Waals surface area contributed by atoms with E-state index in [1.807, 2.05) is 0 Å². The van der Waals surface area contributed by atoms with Crippen LogP contribution < -0.4 is 10.5 Å². The van der Waals surface area contributed by atoms with Crippen LogP contribution in [0.3, 0.4) is 0 Å². The number of benzene rings is 1. The average molecular weight is 325 g/mol. The van der Waals surface area contributed by atoms with E-state index in [4.69, 9.17) is 5.73 Å². The van der Waals surface area contributed by atoms with Crippen LogP contribution in [0.1, 0.15) is 29.0 Å². The molecule has 0 saturated carbocycles. The van der Waals surface area contributed by atoms with Crippen LogP contribution in [-0.2, 0) is 17.1 Å². The highest BCUT2D eigenvalue weighted by Gasteiger charge is 2.22. The molecule has 1 heterocycles. The van der Waals surface area contributed by atoms with E-state index >= 15 is 0 Å². The van der Waals surface area contributed by atoms with E-state index in [9.17, 15) is 17.6 Å². The van der Waals surface area contributed by atoms with Gasteiger partial charge in [-0.2, -0.15) is 0 Å². The maximum absolute atomic E-state index is 12.9. The molecule has 1 aromatic heterocycles. The van der Waals surface area contributed by atoms with E-state index in [1.54, 1.807) is 6.92 Å². The number of aryl methyl sites for hydroxylation is 1. The van der Waals surface area contributed by atoms with E-state index in [0.717, 1.165) is 0 Å². The van der Waals surface area contributed by atoms with Gasteiger partial charge in [0.2, 0.25) is 10.0 Å². The molecule has 0 aliphatic heterocycles. The zero-order valence-electron chi connectivity index (χ0n) is 12.1. The van der Waals surface area contributed by atoms with Crippen molar-refractivity contribution in [2.75, 3.05) is 0 Å². The zero-order valence-corrected chi connectivity index (χ0v) is 12.9. The van der Waals surface area contributed by atoms with Crippen LogP contribution in [0.15, 0.2) is 41.4 Å². The van der Waals surface area contributed by atoms with Gasteiger partial charge in [-0.25, -0.2) is 17.5 Å². The number of nitrogens with two attached hydrogens (primary N) is 1. The summed E-state index contributed by atoms with van der Waals surface area (Å²) in [5, 5.41) is 0. The van der Waals surface area contributed by atoms with Crippen LogP contribution >= 0.6 is 0 Å². The lowest BCUT2D eigenvalue weighted by atomic mass is 10.1. The first-order chi connectivity index (χ1) is 10.2. The number of primary amides is 1. The Hall–Kier alpha value is -2.19. The molecule has 6 nitrogen and oxygen atoms in total. The Balaban J connectivity index is 2.25. The van der Waals surface area contributed by atoms with Crippen LogP contribution in [0.25, 0.3) is 0 Å². The van der Waals surface area contributed by atoms with Crippen LogP contribution in [0.2, 0.25) is 0 Å². The molecule has 0 spiro atoms. The van der Waals surface area contributed by atoms with Gasteiger partial charge >= 0.3 is 0 Å². The van der Waals surface area contributed by atoms with E-state index in [0.29, 0.717) is 5.56 Å². The number of carbonyl (C=O) groups excluding carboxylic acids is 1. The Morgan fingerprint density at radius 2 is 1.91 bits per heavy atom. The van der Waals surface area contributed by atoms with Crippen molar-refractivity contribution in [3.05, 3.63) is 53.6 Å². The van der Waals surface area contributed by atoms with Gasteiger partial charge < -0.3 is 10.3 Å². The number of nitrogens with zero attached hydrogens (tertiary/aromatic N) is 1. The molecule has 3 N–H and O–H groups in total. The molecule has 1 atom stereocenters. The fourth-order valence-corrected chi connectivity index (χ4v) is 3.35. The lowest BCUT2D eigenvalue weighted by molar-refractivity contribution is 0.0992. The lowest BCUT2D eigenvalue weighted by Crippen LogP contribution is -2.26. The summed E-state index contributed by atoms with van der Waals surface area (Å²) in [6.07, 6.45) is 1.31. The molecule has 0 aliphatic carbocycles. The second-order valence-corrected chi connectivity index (χ2v) is 6.64. The third kappa shape index (κ3) is 3.34. The van der Waals surface area contributed by atoms with Crippen molar-refractivity contribution in [3.63, 3.8) is 0 Å². The van der Waals surface area contributed by atoms with Crippen LogP contribution in [-0.4, -0.2) is 18.9 Å². The van der Waals surface area contributed by atoms with Gasteiger partial charge in [-0.05, 0) is 30.7 Å². The van der Waals surface area contributed by atoms with Crippen molar-refractivity contribution in [2.45, 2.75) is 17.9 Å². The van der Waals surface area contributed by atoms with Crippen molar-refractivity contribution in [1.82, 2.24) is 9.29 Å². The van der Waals surface area contributed by atoms with Gasteiger partial charge in [-0.3, -0.25) is 4.79 Å². The first-order valence-corrected chi connectivity index (χ1v) is 7.93. The van der Waals surface area contributed by atoms with E-state index < -0.39 is 27.8 Å². The Morgan fingerprint density at radius 1 is 1.32 bits per heavy atom. The predicted molar refractivity (Wildman–Crippen MR) is 79.1 cm³/mol. The van der Waals surface area contributed by atoms with Crippen LogP contribution in [0, 0.1) is 5.82 Å². The highest BCUT2D eigenvalue weighted by atomic mass is 32.2. The minimum Gasteiger partial charge on any atom is -0.364 e. The van der Waals surface area contributed by atoms with Crippen LogP contribution in [0.5, 0.6) is 0 Å². The quantitative estimate of drug-likeness (QED) is 0.867. The molecule has 2 aromatic rings. The van der Waals surface area contributed by atoms with Gasteiger partial charge in [0, 0.05) is 19.3 Å². The Bertz CT molecular complexity index is 797. The average Bonchev–Trinajstić information content (AvgIpc) is 2.82. The molecule has 0 bridgehead atoms. The van der Waals surface area contributed by atoms with Gasteiger partial charge in [-0.15, -0.1) is 0 Å². The monoisotopic (exact) mass is 325 g/mol.